The zero-order chi connectivity index (χ0) is 18.2. The molecule has 2 amide bonds. The molecule has 0 fully saturated rings. The lowest BCUT2D eigenvalue weighted by atomic mass is 10.1. The number of hydrogen-bond acceptors (Lipinski definition) is 4. The van der Waals surface area contributed by atoms with Gasteiger partial charge in [0.15, 0.2) is 0 Å². The van der Waals surface area contributed by atoms with E-state index in [0.29, 0.717) is 22.7 Å². The van der Waals surface area contributed by atoms with Gasteiger partial charge in [-0.1, -0.05) is 12.1 Å². The molecule has 0 heterocycles. The van der Waals surface area contributed by atoms with Gasteiger partial charge in [-0.2, -0.15) is 0 Å². The van der Waals surface area contributed by atoms with Crippen LogP contribution in [0, 0.1) is 0 Å². The van der Waals surface area contributed by atoms with E-state index in [4.69, 9.17) is 9.47 Å². The van der Waals surface area contributed by atoms with E-state index < -0.39 is 0 Å². The molecule has 6 heteroatoms. The zero-order valence-corrected chi connectivity index (χ0v) is 14.3. The molecule has 0 aromatic heterocycles. The molecule has 2 rings (SSSR count). The lowest BCUT2D eigenvalue weighted by Gasteiger charge is -2.08. The van der Waals surface area contributed by atoms with Crippen LogP contribution in [0.15, 0.2) is 48.5 Å². The molecule has 2 aromatic rings. The van der Waals surface area contributed by atoms with Crippen molar-refractivity contribution in [3.63, 3.8) is 0 Å². The number of anilines is 1. The summed E-state index contributed by atoms with van der Waals surface area (Å²) < 4.78 is 10.3. The van der Waals surface area contributed by atoms with Crippen molar-refractivity contribution < 1.29 is 19.1 Å². The molecule has 6 nitrogen and oxygen atoms in total. The summed E-state index contributed by atoms with van der Waals surface area (Å²) in [5.41, 5.74) is 1.94. The van der Waals surface area contributed by atoms with Gasteiger partial charge in [-0.15, -0.1) is 0 Å². The van der Waals surface area contributed by atoms with Crippen LogP contribution in [0.3, 0.4) is 0 Å². The second-order valence-electron chi connectivity index (χ2n) is 5.13. The Hall–Kier alpha value is -3.28. The molecule has 0 aliphatic carbocycles. The van der Waals surface area contributed by atoms with Crippen LogP contribution in [0.5, 0.6) is 11.5 Å². The number of carbonyl (C=O) groups excluding carboxylic acids is 2. The Bertz CT molecular complexity index is 760. The van der Waals surface area contributed by atoms with Crippen LogP contribution in [-0.4, -0.2) is 33.1 Å². The van der Waals surface area contributed by atoms with Crippen molar-refractivity contribution in [3.8, 4) is 11.5 Å². The lowest BCUT2D eigenvalue weighted by Crippen LogP contribution is -2.17. The van der Waals surface area contributed by atoms with Crippen LogP contribution in [0.1, 0.15) is 15.9 Å². The third kappa shape index (κ3) is 5.10. The minimum atomic E-state index is -0.286. The first-order valence-corrected chi connectivity index (χ1v) is 7.60. The molecular weight excluding hydrogens is 320 g/mol. The van der Waals surface area contributed by atoms with E-state index in [0.717, 1.165) is 5.56 Å². The fourth-order valence-corrected chi connectivity index (χ4v) is 2.13. The minimum Gasteiger partial charge on any atom is -0.497 e. The number of methoxy groups -OCH3 is 2. The van der Waals surface area contributed by atoms with E-state index in [-0.39, 0.29) is 11.8 Å². The number of amides is 2. The smallest absolute Gasteiger partial charge is 0.251 e. The summed E-state index contributed by atoms with van der Waals surface area (Å²) in [6, 6.07) is 12.1. The molecule has 0 aliphatic rings. The molecule has 0 atom stereocenters. The number of benzene rings is 2. The monoisotopic (exact) mass is 340 g/mol. The van der Waals surface area contributed by atoms with E-state index in [9.17, 15) is 9.59 Å². The number of carbonyl (C=O) groups is 2. The van der Waals surface area contributed by atoms with Gasteiger partial charge >= 0.3 is 0 Å². The largest absolute Gasteiger partial charge is 0.497 e. The first-order chi connectivity index (χ1) is 12.0. The minimum absolute atomic E-state index is 0.153. The highest BCUT2D eigenvalue weighted by Gasteiger charge is 2.05. The Morgan fingerprint density at radius 2 is 1.56 bits per heavy atom. The van der Waals surface area contributed by atoms with Crippen LogP contribution in [0.25, 0.3) is 6.08 Å². The molecule has 0 spiro atoms. The number of ether oxygens (including phenoxy) is 2. The Kier molecular flexibility index (Phi) is 6.17. The maximum atomic E-state index is 12.1. The Morgan fingerprint density at radius 1 is 0.960 bits per heavy atom. The van der Waals surface area contributed by atoms with E-state index in [2.05, 4.69) is 10.6 Å². The Labute approximate surface area is 146 Å². The summed E-state index contributed by atoms with van der Waals surface area (Å²) in [7, 11) is 4.67. The number of rotatable bonds is 6. The SMILES string of the molecule is CNC(=O)c1ccc(/C=C/C(=O)Nc2cc(OC)cc(OC)c2)cc1. The maximum absolute atomic E-state index is 12.1. The topological polar surface area (TPSA) is 76.7 Å². The van der Waals surface area contributed by atoms with Crippen molar-refractivity contribution in [2.24, 2.45) is 0 Å². The first kappa shape index (κ1) is 18.1. The molecule has 2 aromatic carbocycles. The summed E-state index contributed by atoms with van der Waals surface area (Å²) in [6.45, 7) is 0. The van der Waals surface area contributed by atoms with Crippen LogP contribution in [0.4, 0.5) is 5.69 Å². The fraction of sp³-hybridized carbons (Fsp3) is 0.158. The number of nitrogens with one attached hydrogen (secondary N) is 2. The second-order valence-corrected chi connectivity index (χ2v) is 5.13. The summed E-state index contributed by atoms with van der Waals surface area (Å²) in [4.78, 5) is 23.5. The van der Waals surface area contributed by atoms with Gasteiger partial charge in [0.1, 0.15) is 11.5 Å². The highest BCUT2D eigenvalue weighted by atomic mass is 16.5. The molecule has 0 unspecified atom stereocenters. The summed E-state index contributed by atoms with van der Waals surface area (Å²) in [5.74, 6) is 0.734. The molecule has 0 radical (unpaired) electrons. The first-order valence-electron chi connectivity index (χ1n) is 7.60. The summed E-state index contributed by atoms with van der Waals surface area (Å²) in [6.07, 6.45) is 3.08. The maximum Gasteiger partial charge on any atom is 0.251 e. The highest BCUT2D eigenvalue weighted by Crippen LogP contribution is 2.25. The predicted molar refractivity (Wildman–Crippen MR) is 97.0 cm³/mol. The fourth-order valence-electron chi connectivity index (χ4n) is 2.13. The van der Waals surface area contributed by atoms with Crippen molar-refractivity contribution in [2.45, 2.75) is 0 Å². The standard InChI is InChI=1S/C19H20N2O4/c1-20-19(23)14-7-4-13(5-8-14)6-9-18(22)21-15-10-16(24-2)12-17(11-15)25-3/h4-12H,1-3H3,(H,20,23)(H,21,22)/b9-6+. The van der Waals surface area contributed by atoms with Gasteiger partial charge in [0.25, 0.3) is 5.91 Å². The quantitative estimate of drug-likeness (QED) is 0.793. The van der Waals surface area contributed by atoms with Crippen molar-refractivity contribution >= 4 is 23.6 Å². The molecule has 25 heavy (non-hydrogen) atoms. The summed E-state index contributed by atoms with van der Waals surface area (Å²) >= 11 is 0. The van der Waals surface area contributed by atoms with E-state index >= 15 is 0 Å². The van der Waals surface area contributed by atoms with Gasteiger partial charge in [-0.05, 0) is 23.8 Å². The van der Waals surface area contributed by atoms with Crippen molar-refractivity contribution in [3.05, 3.63) is 59.7 Å². The van der Waals surface area contributed by atoms with E-state index in [1.807, 2.05) is 0 Å². The van der Waals surface area contributed by atoms with Crippen LogP contribution >= 0.6 is 0 Å². The molecule has 0 bridgehead atoms. The number of hydrogen-bond donors (Lipinski definition) is 2. The van der Waals surface area contributed by atoms with E-state index in [1.165, 1.54) is 6.08 Å². The second kappa shape index (κ2) is 8.54. The third-order valence-corrected chi connectivity index (χ3v) is 3.45. The van der Waals surface area contributed by atoms with Gasteiger partial charge in [0.05, 0.1) is 14.2 Å². The van der Waals surface area contributed by atoms with Crippen molar-refractivity contribution in [2.75, 3.05) is 26.6 Å². The molecule has 0 saturated carbocycles. The lowest BCUT2D eigenvalue weighted by molar-refractivity contribution is -0.111. The molecule has 0 aliphatic heterocycles. The average Bonchev–Trinajstić information content (AvgIpc) is 2.65. The van der Waals surface area contributed by atoms with Gasteiger partial charge in [-0.25, -0.2) is 0 Å². The van der Waals surface area contributed by atoms with Crippen LogP contribution in [0.2, 0.25) is 0 Å². The normalized spacial score (nSPS) is 10.4. The Morgan fingerprint density at radius 3 is 2.08 bits per heavy atom. The zero-order valence-electron chi connectivity index (χ0n) is 14.3. The van der Waals surface area contributed by atoms with Crippen molar-refractivity contribution in [1.82, 2.24) is 5.32 Å². The third-order valence-electron chi connectivity index (χ3n) is 3.45. The van der Waals surface area contributed by atoms with Crippen LogP contribution in [-0.2, 0) is 4.79 Å². The molecular formula is C19H20N2O4. The molecule has 2 N–H and O–H groups in total. The van der Waals surface area contributed by atoms with Crippen molar-refractivity contribution in [1.29, 1.82) is 0 Å². The highest BCUT2D eigenvalue weighted by molar-refractivity contribution is 6.02. The Balaban J connectivity index is 2.04. The van der Waals surface area contributed by atoms with Gasteiger partial charge in [0.2, 0.25) is 5.91 Å². The molecule has 0 saturated heterocycles. The predicted octanol–water partition coefficient (Wildman–Crippen LogP) is 2.72. The molecule has 130 valence electrons. The summed E-state index contributed by atoms with van der Waals surface area (Å²) in [5, 5.41) is 5.31. The van der Waals surface area contributed by atoms with Gasteiger partial charge in [-0.3, -0.25) is 9.59 Å². The van der Waals surface area contributed by atoms with Gasteiger partial charge in [0, 0.05) is 42.6 Å². The van der Waals surface area contributed by atoms with E-state index in [1.54, 1.807) is 69.8 Å². The van der Waals surface area contributed by atoms with Crippen LogP contribution < -0.4 is 20.1 Å². The van der Waals surface area contributed by atoms with Gasteiger partial charge < -0.3 is 20.1 Å². The average molecular weight is 340 g/mol.